The summed E-state index contributed by atoms with van der Waals surface area (Å²) in [6, 6.07) is 13.0. The molecule has 2 heterocycles. The van der Waals surface area contributed by atoms with Crippen LogP contribution in [0.15, 0.2) is 64.5 Å². The van der Waals surface area contributed by atoms with Gasteiger partial charge in [0.1, 0.15) is 5.69 Å². The molecule has 104 valence electrons. The summed E-state index contributed by atoms with van der Waals surface area (Å²) in [5.74, 6) is 0.469. The Hall–Kier alpha value is -2.47. The molecule has 0 atom stereocenters. The number of furan rings is 1. The largest absolute Gasteiger partial charge is 0.461 e. The number of carbonyl (C=O) groups is 1. The van der Waals surface area contributed by atoms with Gasteiger partial charge < -0.3 is 4.42 Å². The Labute approximate surface area is 125 Å². The van der Waals surface area contributed by atoms with E-state index in [0.717, 1.165) is 5.56 Å². The first-order chi connectivity index (χ1) is 10.3. The average molecular weight is 297 g/mol. The summed E-state index contributed by atoms with van der Waals surface area (Å²) in [5, 5.41) is 8.62. The Morgan fingerprint density at radius 2 is 1.95 bits per heavy atom. The van der Waals surface area contributed by atoms with Gasteiger partial charge in [0.25, 0.3) is 0 Å². The van der Waals surface area contributed by atoms with Crippen LogP contribution in [-0.4, -0.2) is 26.7 Å². The van der Waals surface area contributed by atoms with Crippen molar-refractivity contribution in [1.82, 2.24) is 15.2 Å². The number of aromatic nitrogens is 3. The molecule has 0 aliphatic heterocycles. The van der Waals surface area contributed by atoms with Gasteiger partial charge in [0, 0.05) is 5.56 Å². The molecule has 0 fully saturated rings. The van der Waals surface area contributed by atoms with Gasteiger partial charge in [-0.25, -0.2) is 4.98 Å². The van der Waals surface area contributed by atoms with E-state index in [4.69, 9.17) is 4.42 Å². The fraction of sp³-hybridized carbons (Fsp3) is 0.0667. The van der Waals surface area contributed by atoms with Gasteiger partial charge in [-0.1, -0.05) is 42.1 Å². The Kier molecular flexibility index (Phi) is 4.07. The SMILES string of the molecule is O=C(CSc1ncc(-c2ccccc2)nn1)c1ccco1. The Morgan fingerprint density at radius 1 is 1.10 bits per heavy atom. The summed E-state index contributed by atoms with van der Waals surface area (Å²) in [6.07, 6.45) is 3.13. The quantitative estimate of drug-likeness (QED) is 0.532. The molecule has 0 amide bonds. The van der Waals surface area contributed by atoms with Gasteiger partial charge in [-0.15, -0.1) is 10.2 Å². The fourth-order valence-corrected chi connectivity index (χ4v) is 2.34. The molecule has 21 heavy (non-hydrogen) atoms. The minimum atomic E-state index is -0.0965. The molecule has 0 saturated heterocycles. The van der Waals surface area contributed by atoms with Crippen molar-refractivity contribution in [3.63, 3.8) is 0 Å². The molecule has 6 heteroatoms. The summed E-state index contributed by atoms with van der Waals surface area (Å²) in [4.78, 5) is 16.0. The standard InChI is InChI=1S/C15H11N3O2S/c19-13(14-7-4-8-20-14)10-21-15-16-9-12(17-18-15)11-5-2-1-3-6-11/h1-9H,10H2. The summed E-state index contributed by atoms with van der Waals surface area (Å²) < 4.78 is 5.04. The maximum absolute atomic E-state index is 11.8. The Morgan fingerprint density at radius 3 is 2.62 bits per heavy atom. The van der Waals surface area contributed by atoms with E-state index in [1.807, 2.05) is 30.3 Å². The number of thioether (sulfide) groups is 1. The molecule has 5 nitrogen and oxygen atoms in total. The van der Waals surface area contributed by atoms with E-state index in [0.29, 0.717) is 16.6 Å². The molecular weight excluding hydrogens is 286 g/mol. The van der Waals surface area contributed by atoms with Crippen LogP contribution in [0.25, 0.3) is 11.3 Å². The average Bonchev–Trinajstić information content (AvgIpc) is 3.08. The zero-order chi connectivity index (χ0) is 14.5. The highest BCUT2D eigenvalue weighted by Crippen LogP contribution is 2.18. The van der Waals surface area contributed by atoms with Crippen molar-refractivity contribution in [2.24, 2.45) is 0 Å². The molecule has 0 spiro atoms. The van der Waals surface area contributed by atoms with Crippen LogP contribution >= 0.6 is 11.8 Å². The molecule has 1 aromatic carbocycles. The number of Topliss-reactive ketones (excluding diaryl/α,β-unsaturated/α-hetero) is 1. The first-order valence-electron chi connectivity index (χ1n) is 6.27. The summed E-state index contributed by atoms with van der Waals surface area (Å²) >= 11 is 1.24. The van der Waals surface area contributed by atoms with Crippen molar-refractivity contribution in [1.29, 1.82) is 0 Å². The van der Waals surface area contributed by atoms with Gasteiger partial charge in [-0.3, -0.25) is 4.79 Å². The highest BCUT2D eigenvalue weighted by molar-refractivity contribution is 7.99. The van der Waals surface area contributed by atoms with Crippen LogP contribution in [0.1, 0.15) is 10.6 Å². The van der Waals surface area contributed by atoms with E-state index in [2.05, 4.69) is 15.2 Å². The second kappa shape index (κ2) is 6.32. The van der Waals surface area contributed by atoms with Crippen LogP contribution in [0.3, 0.4) is 0 Å². The van der Waals surface area contributed by atoms with Crippen LogP contribution in [0.4, 0.5) is 0 Å². The smallest absolute Gasteiger partial charge is 0.209 e. The lowest BCUT2D eigenvalue weighted by Crippen LogP contribution is -2.02. The first kappa shape index (κ1) is 13.5. The number of hydrogen-bond donors (Lipinski definition) is 0. The third-order valence-electron chi connectivity index (χ3n) is 2.74. The van der Waals surface area contributed by atoms with Gasteiger partial charge >= 0.3 is 0 Å². The molecule has 0 radical (unpaired) electrons. The summed E-state index contributed by atoms with van der Waals surface area (Å²) in [6.45, 7) is 0. The Bertz CT molecular complexity index is 712. The molecule has 2 aromatic heterocycles. The lowest BCUT2D eigenvalue weighted by molar-refractivity contribution is 0.0992. The zero-order valence-electron chi connectivity index (χ0n) is 11.0. The minimum absolute atomic E-state index is 0.0965. The second-order valence-electron chi connectivity index (χ2n) is 4.18. The molecule has 0 aliphatic rings. The third-order valence-corrected chi connectivity index (χ3v) is 3.59. The predicted octanol–water partition coefficient (Wildman–Crippen LogP) is 3.11. The van der Waals surface area contributed by atoms with Gasteiger partial charge in [-0.05, 0) is 12.1 Å². The number of hydrogen-bond acceptors (Lipinski definition) is 6. The molecule has 0 saturated carbocycles. The number of benzene rings is 1. The van der Waals surface area contributed by atoms with Crippen molar-refractivity contribution < 1.29 is 9.21 Å². The van der Waals surface area contributed by atoms with Crippen molar-refractivity contribution >= 4 is 17.5 Å². The van der Waals surface area contributed by atoms with Gasteiger partial charge in [-0.2, -0.15) is 0 Å². The minimum Gasteiger partial charge on any atom is -0.461 e. The van der Waals surface area contributed by atoms with E-state index < -0.39 is 0 Å². The van der Waals surface area contributed by atoms with Crippen LogP contribution in [0.5, 0.6) is 0 Å². The van der Waals surface area contributed by atoms with Crippen molar-refractivity contribution in [3.8, 4) is 11.3 Å². The fourth-order valence-electron chi connectivity index (χ4n) is 1.71. The predicted molar refractivity (Wildman–Crippen MR) is 79.0 cm³/mol. The number of ketones is 1. The van der Waals surface area contributed by atoms with Gasteiger partial charge in [0.2, 0.25) is 10.9 Å². The second-order valence-corrected chi connectivity index (χ2v) is 5.12. The number of nitrogens with zero attached hydrogens (tertiary/aromatic N) is 3. The van der Waals surface area contributed by atoms with Crippen LogP contribution < -0.4 is 0 Å². The molecule has 0 bridgehead atoms. The summed E-state index contributed by atoms with van der Waals surface area (Å²) in [7, 11) is 0. The number of rotatable bonds is 5. The maximum atomic E-state index is 11.8. The van der Waals surface area contributed by atoms with Crippen molar-refractivity contribution in [2.45, 2.75) is 5.16 Å². The molecule has 3 rings (SSSR count). The van der Waals surface area contributed by atoms with E-state index in [1.54, 1.807) is 18.3 Å². The summed E-state index contributed by atoms with van der Waals surface area (Å²) in [5.41, 5.74) is 1.66. The van der Waals surface area contributed by atoms with Gasteiger partial charge in [0.05, 0.1) is 18.2 Å². The van der Waals surface area contributed by atoms with E-state index in [-0.39, 0.29) is 11.5 Å². The highest BCUT2D eigenvalue weighted by Gasteiger charge is 2.10. The highest BCUT2D eigenvalue weighted by atomic mass is 32.2. The van der Waals surface area contributed by atoms with E-state index >= 15 is 0 Å². The molecule has 0 aliphatic carbocycles. The first-order valence-corrected chi connectivity index (χ1v) is 7.26. The third kappa shape index (κ3) is 3.35. The zero-order valence-corrected chi connectivity index (χ0v) is 11.8. The van der Waals surface area contributed by atoms with Crippen molar-refractivity contribution in [3.05, 3.63) is 60.7 Å². The topological polar surface area (TPSA) is 68.9 Å². The van der Waals surface area contributed by atoms with Crippen LogP contribution in [-0.2, 0) is 0 Å². The Balaban J connectivity index is 1.64. The molecule has 3 aromatic rings. The van der Waals surface area contributed by atoms with E-state index in [9.17, 15) is 4.79 Å². The lowest BCUT2D eigenvalue weighted by atomic mass is 10.2. The van der Waals surface area contributed by atoms with Gasteiger partial charge in [0.15, 0.2) is 5.76 Å². The van der Waals surface area contributed by atoms with Crippen molar-refractivity contribution in [2.75, 3.05) is 5.75 Å². The maximum Gasteiger partial charge on any atom is 0.209 e. The molecule has 0 unspecified atom stereocenters. The lowest BCUT2D eigenvalue weighted by Gasteiger charge is -2.00. The normalized spacial score (nSPS) is 10.5. The molecule has 0 N–H and O–H groups in total. The monoisotopic (exact) mass is 297 g/mol. The van der Waals surface area contributed by atoms with Crippen LogP contribution in [0, 0.1) is 0 Å². The van der Waals surface area contributed by atoms with Crippen LogP contribution in [0.2, 0.25) is 0 Å². The molecular formula is C15H11N3O2S. The number of carbonyl (C=O) groups excluding carboxylic acids is 1. The van der Waals surface area contributed by atoms with E-state index in [1.165, 1.54) is 18.0 Å².